The molecule has 1 aromatic heterocycles. The lowest BCUT2D eigenvalue weighted by Crippen LogP contribution is -2.67. The lowest BCUT2D eigenvalue weighted by atomic mass is 9.71. The number of aromatic nitrogens is 1. The van der Waals surface area contributed by atoms with Gasteiger partial charge in [0.15, 0.2) is 5.78 Å². The van der Waals surface area contributed by atoms with Gasteiger partial charge in [0, 0.05) is 36.0 Å². The van der Waals surface area contributed by atoms with Gasteiger partial charge in [-0.25, -0.2) is 0 Å². The molecule has 1 aromatic rings. The van der Waals surface area contributed by atoms with Crippen molar-refractivity contribution in [2.75, 3.05) is 5.75 Å². The first kappa shape index (κ1) is 17.5. The van der Waals surface area contributed by atoms with Gasteiger partial charge < -0.3 is 10.6 Å². The summed E-state index contributed by atoms with van der Waals surface area (Å²) >= 11 is 1.71. The van der Waals surface area contributed by atoms with Crippen molar-refractivity contribution in [2.24, 2.45) is 5.92 Å². The first-order valence-corrected chi connectivity index (χ1v) is 10.3. The van der Waals surface area contributed by atoms with E-state index < -0.39 is 0 Å². The topological polar surface area (TPSA) is 83.1 Å². The van der Waals surface area contributed by atoms with Crippen LogP contribution in [0.25, 0.3) is 0 Å². The lowest BCUT2D eigenvalue weighted by molar-refractivity contribution is -0.130. The van der Waals surface area contributed by atoms with Crippen LogP contribution < -0.4 is 16.0 Å². The number of allylic oxidation sites excluding steroid dienone is 2. The molecule has 0 bridgehead atoms. The molecule has 138 valence electrons. The van der Waals surface area contributed by atoms with Crippen LogP contribution in [-0.4, -0.2) is 34.1 Å². The summed E-state index contributed by atoms with van der Waals surface area (Å²) in [5, 5.41) is 10.1. The maximum absolute atomic E-state index is 13.0. The number of hydrogen-bond acceptors (Lipinski definition) is 6. The van der Waals surface area contributed by atoms with E-state index in [2.05, 4.69) is 27.9 Å². The standard InChI is InChI=1S/C19H24N4O2S/c1-2-10-26-19-22-17-16(18(25)23-19)14(11-6-8-20-9-7-11)15-12(21-17)4-3-5-13(15)24/h6-9,14,16-17,19,21-22H,2-5,10H2,1H3,(H,23,25). The summed E-state index contributed by atoms with van der Waals surface area (Å²) in [4.78, 5) is 29.8. The molecule has 1 fully saturated rings. The molecule has 3 N–H and O–H groups in total. The number of nitrogens with zero attached hydrogens (tertiary/aromatic N) is 1. The van der Waals surface area contributed by atoms with Crippen molar-refractivity contribution >= 4 is 23.5 Å². The van der Waals surface area contributed by atoms with Crippen molar-refractivity contribution in [3.8, 4) is 0 Å². The Labute approximate surface area is 157 Å². The molecule has 26 heavy (non-hydrogen) atoms. The van der Waals surface area contributed by atoms with Crippen molar-refractivity contribution in [1.29, 1.82) is 0 Å². The molecule has 4 rings (SSSR count). The van der Waals surface area contributed by atoms with Crippen LogP contribution in [0.2, 0.25) is 0 Å². The van der Waals surface area contributed by atoms with E-state index in [0.29, 0.717) is 6.42 Å². The summed E-state index contributed by atoms with van der Waals surface area (Å²) in [6.45, 7) is 2.13. The fraction of sp³-hybridized carbons (Fsp3) is 0.526. The summed E-state index contributed by atoms with van der Waals surface area (Å²) in [5.41, 5.74) is 2.68. The molecule has 0 spiro atoms. The smallest absolute Gasteiger partial charge is 0.229 e. The van der Waals surface area contributed by atoms with Crippen LogP contribution in [-0.2, 0) is 9.59 Å². The second kappa shape index (κ2) is 7.40. The van der Waals surface area contributed by atoms with Gasteiger partial charge in [-0.05, 0) is 42.7 Å². The number of carbonyl (C=O) groups excluding carboxylic acids is 2. The zero-order valence-electron chi connectivity index (χ0n) is 14.8. The van der Waals surface area contributed by atoms with Crippen molar-refractivity contribution in [2.45, 2.75) is 50.2 Å². The number of carbonyl (C=O) groups is 2. The van der Waals surface area contributed by atoms with Crippen molar-refractivity contribution < 1.29 is 9.59 Å². The van der Waals surface area contributed by atoms with E-state index in [9.17, 15) is 9.59 Å². The van der Waals surface area contributed by atoms with Gasteiger partial charge in [-0.15, -0.1) is 11.8 Å². The molecule has 6 nitrogen and oxygen atoms in total. The van der Waals surface area contributed by atoms with Crippen LogP contribution in [0.4, 0.5) is 0 Å². The number of rotatable bonds is 4. The third-order valence-electron chi connectivity index (χ3n) is 5.28. The zero-order chi connectivity index (χ0) is 18.1. The molecule has 0 saturated carbocycles. The van der Waals surface area contributed by atoms with E-state index in [1.54, 1.807) is 24.2 Å². The number of fused-ring (bicyclic) bond motifs is 1. The third kappa shape index (κ3) is 3.14. The van der Waals surface area contributed by atoms with Crippen LogP contribution in [0.3, 0.4) is 0 Å². The van der Waals surface area contributed by atoms with Crippen molar-refractivity contribution in [1.82, 2.24) is 20.9 Å². The van der Waals surface area contributed by atoms with Crippen LogP contribution in [0.5, 0.6) is 0 Å². The first-order valence-electron chi connectivity index (χ1n) is 9.29. The normalized spacial score (nSPS) is 31.0. The number of hydrogen-bond donors (Lipinski definition) is 3. The molecule has 0 aromatic carbocycles. The van der Waals surface area contributed by atoms with Gasteiger partial charge >= 0.3 is 0 Å². The Bertz CT molecular complexity index is 736. The van der Waals surface area contributed by atoms with E-state index >= 15 is 0 Å². The van der Waals surface area contributed by atoms with Crippen LogP contribution >= 0.6 is 11.8 Å². The molecule has 7 heteroatoms. The van der Waals surface area contributed by atoms with E-state index in [0.717, 1.165) is 41.8 Å². The summed E-state index contributed by atoms with van der Waals surface area (Å²) in [5.74, 6) is 0.569. The molecule has 2 aliphatic heterocycles. The van der Waals surface area contributed by atoms with E-state index in [4.69, 9.17) is 0 Å². The number of thioether (sulfide) groups is 1. The number of Topliss-reactive ketones (excluding diaryl/α,β-unsaturated/α-hetero) is 1. The second-order valence-electron chi connectivity index (χ2n) is 7.00. The highest BCUT2D eigenvalue weighted by molar-refractivity contribution is 7.99. The predicted octanol–water partition coefficient (Wildman–Crippen LogP) is 1.86. The van der Waals surface area contributed by atoms with Crippen LogP contribution in [0.15, 0.2) is 35.8 Å². The molecular formula is C19H24N4O2S. The Balaban J connectivity index is 1.72. The van der Waals surface area contributed by atoms with Gasteiger partial charge in [-0.3, -0.25) is 19.9 Å². The highest BCUT2D eigenvalue weighted by Gasteiger charge is 2.48. The molecule has 0 radical (unpaired) electrons. The second-order valence-corrected chi connectivity index (χ2v) is 8.21. The molecule has 1 saturated heterocycles. The maximum Gasteiger partial charge on any atom is 0.229 e. The lowest BCUT2D eigenvalue weighted by Gasteiger charge is -2.47. The Morgan fingerprint density at radius 3 is 2.77 bits per heavy atom. The molecule has 4 atom stereocenters. The fourth-order valence-corrected chi connectivity index (χ4v) is 5.09. The zero-order valence-corrected chi connectivity index (χ0v) is 15.6. The largest absolute Gasteiger partial charge is 0.372 e. The predicted molar refractivity (Wildman–Crippen MR) is 101 cm³/mol. The Morgan fingerprint density at radius 1 is 1.19 bits per heavy atom. The van der Waals surface area contributed by atoms with Gasteiger partial charge in [-0.1, -0.05) is 6.92 Å². The minimum atomic E-state index is -0.350. The Morgan fingerprint density at radius 2 is 2.00 bits per heavy atom. The molecule has 1 amide bonds. The molecule has 3 heterocycles. The van der Waals surface area contributed by atoms with Gasteiger partial charge in [0.2, 0.25) is 5.91 Å². The van der Waals surface area contributed by atoms with Gasteiger partial charge in [0.1, 0.15) is 5.50 Å². The summed E-state index contributed by atoms with van der Waals surface area (Å²) in [7, 11) is 0. The van der Waals surface area contributed by atoms with E-state index in [1.165, 1.54) is 0 Å². The quantitative estimate of drug-likeness (QED) is 0.748. The van der Waals surface area contributed by atoms with E-state index in [1.807, 2.05) is 12.1 Å². The fourth-order valence-electron chi connectivity index (χ4n) is 4.17. The highest BCUT2D eigenvalue weighted by Crippen LogP contribution is 2.43. The molecule has 1 aliphatic carbocycles. The number of ketones is 1. The van der Waals surface area contributed by atoms with Gasteiger partial charge in [-0.2, -0.15) is 0 Å². The maximum atomic E-state index is 13.0. The average Bonchev–Trinajstić information content (AvgIpc) is 2.65. The van der Waals surface area contributed by atoms with Crippen molar-refractivity contribution in [3.05, 3.63) is 41.4 Å². The molecule has 3 aliphatic rings. The minimum Gasteiger partial charge on any atom is -0.372 e. The third-order valence-corrected chi connectivity index (χ3v) is 6.51. The number of amides is 1. The molecular weight excluding hydrogens is 348 g/mol. The Hall–Kier alpha value is -1.86. The summed E-state index contributed by atoms with van der Waals surface area (Å²) < 4.78 is 0. The average molecular weight is 372 g/mol. The number of pyridine rings is 1. The Kier molecular flexibility index (Phi) is 5.00. The molecule has 4 unspecified atom stereocenters. The van der Waals surface area contributed by atoms with Crippen LogP contribution in [0.1, 0.15) is 44.1 Å². The SMILES string of the molecule is CCCSC1NC(=O)C2C(NC3=C(C(=O)CCC3)C2c2ccncc2)N1. The number of nitrogens with one attached hydrogen (secondary N) is 3. The minimum absolute atomic E-state index is 0.00147. The van der Waals surface area contributed by atoms with E-state index in [-0.39, 0.29) is 35.2 Å². The first-order chi connectivity index (χ1) is 12.7. The van der Waals surface area contributed by atoms with Gasteiger partial charge in [0.05, 0.1) is 12.1 Å². The van der Waals surface area contributed by atoms with Gasteiger partial charge in [0.25, 0.3) is 0 Å². The highest BCUT2D eigenvalue weighted by atomic mass is 32.2. The monoisotopic (exact) mass is 372 g/mol. The summed E-state index contributed by atoms with van der Waals surface area (Å²) in [6, 6.07) is 3.84. The van der Waals surface area contributed by atoms with Crippen molar-refractivity contribution in [3.63, 3.8) is 0 Å². The van der Waals surface area contributed by atoms with Crippen LogP contribution in [0, 0.1) is 5.92 Å². The summed E-state index contributed by atoms with van der Waals surface area (Å²) in [6.07, 6.45) is 6.64.